The molecule has 1 aromatic carbocycles. The summed E-state index contributed by atoms with van der Waals surface area (Å²) in [7, 11) is 0.912. The lowest BCUT2D eigenvalue weighted by Gasteiger charge is -2.14. The van der Waals surface area contributed by atoms with Gasteiger partial charge in [-0.25, -0.2) is 0 Å². The van der Waals surface area contributed by atoms with E-state index >= 15 is 0 Å². The van der Waals surface area contributed by atoms with Gasteiger partial charge >= 0.3 is 0 Å². The van der Waals surface area contributed by atoms with Crippen LogP contribution in [0, 0.1) is 0 Å². The van der Waals surface area contributed by atoms with Gasteiger partial charge in [0.25, 0.3) is 0 Å². The fraction of sp³-hybridized carbons (Fsp3) is 0.429. The van der Waals surface area contributed by atoms with Crippen LogP contribution in [0.3, 0.4) is 0 Å². The van der Waals surface area contributed by atoms with E-state index < -0.39 is 9.04 Å². The van der Waals surface area contributed by atoms with Crippen LogP contribution >= 0.6 is 0 Å². The smallest absolute Gasteiger partial charge is 0.238 e. The average molecular weight is 249 g/mol. The molecule has 1 aromatic rings. The van der Waals surface area contributed by atoms with Gasteiger partial charge in [0.2, 0.25) is 9.04 Å². The zero-order chi connectivity index (χ0) is 12.5. The maximum atomic E-state index is 5.98. The molecule has 1 radical (unpaired) electrons. The SMILES string of the molecule is C=Cc1ccccc1CO[Si](CCC)COC. The molecule has 17 heavy (non-hydrogen) atoms. The molecule has 93 valence electrons. The van der Waals surface area contributed by atoms with E-state index in [1.54, 1.807) is 7.11 Å². The van der Waals surface area contributed by atoms with E-state index in [9.17, 15) is 0 Å². The van der Waals surface area contributed by atoms with Gasteiger partial charge in [0, 0.05) is 7.11 Å². The van der Waals surface area contributed by atoms with E-state index in [0.717, 1.165) is 24.3 Å². The number of benzene rings is 1. The molecule has 0 bridgehead atoms. The van der Waals surface area contributed by atoms with Gasteiger partial charge in [-0.1, -0.05) is 50.3 Å². The number of ether oxygens (including phenoxy) is 1. The Morgan fingerprint density at radius 1 is 1.35 bits per heavy atom. The van der Waals surface area contributed by atoms with Crippen molar-refractivity contribution in [3.8, 4) is 0 Å². The van der Waals surface area contributed by atoms with Crippen LogP contribution in [0.1, 0.15) is 24.5 Å². The zero-order valence-electron chi connectivity index (χ0n) is 10.7. The van der Waals surface area contributed by atoms with Crippen LogP contribution in [-0.2, 0) is 15.8 Å². The number of rotatable bonds is 8. The molecule has 0 N–H and O–H groups in total. The van der Waals surface area contributed by atoms with Gasteiger partial charge in [-0.05, 0) is 17.2 Å². The molecule has 0 atom stereocenters. The summed E-state index contributed by atoms with van der Waals surface area (Å²) >= 11 is 0. The van der Waals surface area contributed by atoms with Crippen LogP contribution in [-0.4, -0.2) is 22.4 Å². The van der Waals surface area contributed by atoms with Gasteiger partial charge in [0.15, 0.2) is 0 Å². The summed E-state index contributed by atoms with van der Waals surface area (Å²) in [5.74, 6) is 0. The Balaban J connectivity index is 2.55. The number of hydrogen-bond donors (Lipinski definition) is 0. The van der Waals surface area contributed by atoms with E-state index in [4.69, 9.17) is 9.16 Å². The molecular formula is C14H21O2Si. The predicted octanol–water partition coefficient (Wildman–Crippen LogP) is 3.43. The van der Waals surface area contributed by atoms with E-state index in [0.29, 0.717) is 6.61 Å². The first-order valence-corrected chi connectivity index (χ1v) is 7.80. The maximum Gasteiger partial charge on any atom is 0.238 e. The monoisotopic (exact) mass is 249 g/mol. The molecule has 0 heterocycles. The van der Waals surface area contributed by atoms with Gasteiger partial charge in [-0.2, -0.15) is 0 Å². The van der Waals surface area contributed by atoms with Crippen molar-refractivity contribution in [2.75, 3.05) is 13.3 Å². The van der Waals surface area contributed by atoms with Gasteiger partial charge in [0.1, 0.15) is 0 Å². The van der Waals surface area contributed by atoms with Crippen molar-refractivity contribution in [2.24, 2.45) is 0 Å². The van der Waals surface area contributed by atoms with Gasteiger partial charge in [-0.15, -0.1) is 0 Å². The van der Waals surface area contributed by atoms with Crippen LogP contribution in [0.2, 0.25) is 6.04 Å². The summed E-state index contributed by atoms with van der Waals surface area (Å²) in [6.45, 7) is 6.67. The Bertz CT molecular complexity index is 333. The molecule has 0 saturated carbocycles. The second-order valence-corrected chi connectivity index (χ2v) is 6.07. The molecule has 0 aromatic heterocycles. The Hall–Kier alpha value is -0.903. The van der Waals surface area contributed by atoms with Crippen LogP contribution < -0.4 is 0 Å². The summed E-state index contributed by atoms with van der Waals surface area (Å²) < 4.78 is 11.2. The molecular weight excluding hydrogens is 228 g/mol. The normalized spacial score (nSPS) is 10.8. The molecule has 0 spiro atoms. The van der Waals surface area contributed by atoms with Crippen LogP contribution in [0.25, 0.3) is 6.08 Å². The highest BCUT2D eigenvalue weighted by Crippen LogP contribution is 2.12. The third-order valence-corrected chi connectivity index (χ3v) is 4.76. The Labute approximate surface area is 106 Å². The maximum absolute atomic E-state index is 5.98. The van der Waals surface area contributed by atoms with Gasteiger partial charge in [0.05, 0.1) is 12.8 Å². The van der Waals surface area contributed by atoms with Crippen LogP contribution in [0.4, 0.5) is 0 Å². The summed E-state index contributed by atoms with van der Waals surface area (Å²) in [4.78, 5) is 0. The minimum atomic E-state index is -0.825. The molecule has 0 aliphatic rings. The van der Waals surface area contributed by atoms with Crippen LogP contribution in [0.15, 0.2) is 30.8 Å². The Morgan fingerprint density at radius 3 is 2.76 bits per heavy atom. The lowest BCUT2D eigenvalue weighted by atomic mass is 10.1. The molecule has 0 unspecified atom stereocenters. The molecule has 2 nitrogen and oxygen atoms in total. The van der Waals surface area contributed by atoms with Crippen molar-refractivity contribution in [1.29, 1.82) is 0 Å². The highest BCUT2D eigenvalue weighted by molar-refractivity contribution is 6.51. The summed E-state index contributed by atoms with van der Waals surface area (Å²) in [6, 6.07) is 9.35. The predicted molar refractivity (Wildman–Crippen MR) is 74.1 cm³/mol. The first kappa shape index (κ1) is 14.2. The number of methoxy groups -OCH3 is 1. The Morgan fingerprint density at radius 2 is 2.12 bits per heavy atom. The zero-order valence-corrected chi connectivity index (χ0v) is 11.7. The van der Waals surface area contributed by atoms with Crippen molar-refractivity contribution in [3.63, 3.8) is 0 Å². The van der Waals surface area contributed by atoms with Crippen molar-refractivity contribution < 1.29 is 9.16 Å². The summed E-state index contributed by atoms with van der Waals surface area (Å²) in [5.41, 5.74) is 2.36. The standard InChI is InChI=1S/C14H21O2Si/c1-4-10-17(12-15-3)16-11-14-9-7-6-8-13(14)5-2/h5-9H,2,4,10-12H2,1,3H3. The molecule has 0 amide bonds. The highest BCUT2D eigenvalue weighted by Gasteiger charge is 2.12. The minimum absolute atomic E-state index is 0.667. The van der Waals surface area contributed by atoms with Crippen molar-refractivity contribution in [1.82, 2.24) is 0 Å². The molecule has 0 fully saturated rings. The fourth-order valence-corrected chi connectivity index (χ4v) is 3.28. The van der Waals surface area contributed by atoms with E-state index in [1.807, 2.05) is 18.2 Å². The summed E-state index contributed by atoms with van der Waals surface area (Å²) in [6.07, 6.45) is 3.79. The van der Waals surface area contributed by atoms with E-state index in [1.165, 1.54) is 5.56 Å². The van der Waals surface area contributed by atoms with Gasteiger partial charge < -0.3 is 9.16 Å². The average Bonchev–Trinajstić information content (AvgIpc) is 2.37. The molecule has 3 heteroatoms. The second-order valence-electron chi connectivity index (χ2n) is 3.91. The van der Waals surface area contributed by atoms with Crippen molar-refractivity contribution in [2.45, 2.75) is 26.0 Å². The second kappa shape index (κ2) is 8.23. The quantitative estimate of drug-likeness (QED) is 0.657. The lowest BCUT2D eigenvalue weighted by Crippen LogP contribution is -2.24. The van der Waals surface area contributed by atoms with Crippen molar-refractivity contribution >= 4 is 15.1 Å². The minimum Gasteiger partial charge on any atom is -0.410 e. The topological polar surface area (TPSA) is 18.5 Å². The molecule has 0 aliphatic heterocycles. The van der Waals surface area contributed by atoms with E-state index in [2.05, 4.69) is 25.6 Å². The largest absolute Gasteiger partial charge is 0.410 e. The fourth-order valence-electron chi connectivity index (χ4n) is 1.67. The molecule has 0 aliphatic carbocycles. The van der Waals surface area contributed by atoms with E-state index in [-0.39, 0.29) is 0 Å². The van der Waals surface area contributed by atoms with Gasteiger partial charge in [-0.3, -0.25) is 0 Å². The number of hydrogen-bond acceptors (Lipinski definition) is 2. The summed E-state index contributed by atoms with van der Waals surface area (Å²) in [5, 5.41) is 0. The third kappa shape index (κ3) is 4.85. The lowest BCUT2D eigenvalue weighted by molar-refractivity contribution is 0.212. The third-order valence-electron chi connectivity index (χ3n) is 2.54. The molecule has 1 rings (SSSR count). The van der Waals surface area contributed by atoms with Crippen LogP contribution in [0.5, 0.6) is 0 Å². The Kier molecular flexibility index (Phi) is 6.85. The molecule has 0 saturated heterocycles. The van der Waals surface area contributed by atoms with Crippen molar-refractivity contribution in [3.05, 3.63) is 42.0 Å². The first-order chi connectivity index (χ1) is 8.31. The highest BCUT2D eigenvalue weighted by atomic mass is 28.3. The first-order valence-electron chi connectivity index (χ1n) is 5.98.